The monoisotopic (exact) mass is 363 g/mol. The van der Waals surface area contributed by atoms with Crippen LogP contribution in [0.25, 0.3) is 0 Å². The van der Waals surface area contributed by atoms with Crippen LogP contribution in [-0.2, 0) is 6.61 Å². The molecule has 0 aliphatic carbocycles. The van der Waals surface area contributed by atoms with Gasteiger partial charge >= 0.3 is 0 Å². The van der Waals surface area contributed by atoms with E-state index in [0.29, 0.717) is 15.8 Å². The average molecular weight is 364 g/mol. The van der Waals surface area contributed by atoms with Crippen LogP contribution in [-0.4, -0.2) is 16.1 Å². The molecule has 0 bridgehead atoms. The van der Waals surface area contributed by atoms with Gasteiger partial charge in [0.15, 0.2) is 5.01 Å². The predicted octanol–water partition coefficient (Wildman–Crippen LogP) is 4.16. The summed E-state index contributed by atoms with van der Waals surface area (Å²) in [5.41, 5.74) is -0.0494. The normalized spacial score (nSPS) is 10.4. The van der Waals surface area contributed by atoms with E-state index in [9.17, 15) is 9.18 Å². The lowest BCUT2D eigenvalue weighted by Gasteiger charge is -2.03. The first-order valence-electron chi connectivity index (χ1n) is 6.88. The molecule has 0 aliphatic heterocycles. The SMILES string of the molecule is O=C(Nc1nnc(COc2ccc(Cl)cc2)s1)c1ccccc1F. The van der Waals surface area contributed by atoms with E-state index < -0.39 is 11.7 Å². The van der Waals surface area contributed by atoms with Crippen LogP contribution in [0, 0.1) is 5.82 Å². The van der Waals surface area contributed by atoms with E-state index >= 15 is 0 Å². The highest BCUT2D eigenvalue weighted by Crippen LogP contribution is 2.20. The number of carbonyl (C=O) groups is 1. The van der Waals surface area contributed by atoms with Crippen LogP contribution in [0.2, 0.25) is 5.02 Å². The van der Waals surface area contributed by atoms with Gasteiger partial charge in [-0.05, 0) is 36.4 Å². The number of nitrogens with zero attached hydrogens (tertiary/aromatic N) is 2. The molecule has 8 heteroatoms. The molecule has 0 saturated heterocycles. The van der Waals surface area contributed by atoms with Crippen LogP contribution in [0.4, 0.5) is 9.52 Å². The summed E-state index contributed by atoms with van der Waals surface area (Å²) in [6, 6.07) is 12.6. The quantitative estimate of drug-likeness (QED) is 0.739. The number of nitrogens with one attached hydrogen (secondary N) is 1. The highest BCUT2D eigenvalue weighted by atomic mass is 35.5. The van der Waals surface area contributed by atoms with Crippen molar-refractivity contribution >= 4 is 34.0 Å². The van der Waals surface area contributed by atoms with E-state index in [-0.39, 0.29) is 17.3 Å². The lowest BCUT2D eigenvalue weighted by Crippen LogP contribution is -2.13. The molecule has 2 aromatic carbocycles. The molecular formula is C16H11ClFN3O2S. The van der Waals surface area contributed by atoms with Crippen LogP contribution in [0.1, 0.15) is 15.4 Å². The standard InChI is InChI=1S/C16H11ClFN3O2S/c17-10-5-7-11(8-6-10)23-9-14-20-21-16(24-14)19-15(22)12-3-1-2-4-13(12)18/h1-8H,9H2,(H,19,21,22). The number of hydrogen-bond donors (Lipinski definition) is 1. The van der Waals surface area contributed by atoms with Crippen molar-refractivity contribution in [1.82, 2.24) is 10.2 Å². The Morgan fingerprint density at radius 3 is 2.67 bits per heavy atom. The minimum atomic E-state index is -0.592. The molecule has 0 aliphatic rings. The average Bonchev–Trinajstić information content (AvgIpc) is 3.02. The summed E-state index contributed by atoms with van der Waals surface area (Å²) in [7, 11) is 0. The summed E-state index contributed by atoms with van der Waals surface area (Å²) >= 11 is 6.96. The smallest absolute Gasteiger partial charge is 0.260 e. The summed E-state index contributed by atoms with van der Waals surface area (Å²) in [6.07, 6.45) is 0. The zero-order chi connectivity index (χ0) is 16.9. The molecule has 1 aromatic heterocycles. The van der Waals surface area contributed by atoms with E-state index in [4.69, 9.17) is 16.3 Å². The van der Waals surface area contributed by atoms with Gasteiger partial charge in [0.05, 0.1) is 5.56 Å². The summed E-state index contributed by atoms with van der Waals surface area (Å²) in [5, 5.41) is 11.8. The van der Waals surface area contributed by atoms with Gasteiger partial charge in [0, 0.05) is 5.02 Å². The van der Waals surface area contributed by atoms with Gasteiger partial charge in [-0.1, -0.05) is 35.1 Å². The van der Waals surface area contributed by atoms with Gasteiger partial charge in [0.1, 0.15) is 18.2 Å². The van der Waals surface area contributed by atoms with Crippen molar-refractivity contribution in [1.29, 1.82) is 0 Å². The maximum absolute atomic E-state index is 13.6. The first-order valence-corrected chi connectivity index (χ1v) is 8.08. The number of halogens is 2. The fourth-order valence-electron chi connectivity index (χ4n) is 1.85. The minimum Gasteiger partial charge on any atom is -0.486 e. The Labute approximate surface area is 146 Å². The summed E-state index contributed by atoms with van der Waals surface area (Å²) < 4.78 is 19.1. The van der Waals surface area contributed by atoms with Crippen LogP contribution in [0.15, 0.2) is 48.5 Å². The van der Waals surface area contributed by atoms with Gasteiger partial charge in [-0.15, -0.1) is 10.2 Å². The number of carbonyl (C=O) groups excluding carboxylic acids is 1. The van der Waals surface area contributed by atoms with Crippen LogP contribution < -0.4 is 10.1 Å². The Hall–Kier alpha value is -2.51. The molecule has 3 rings (SSSR count). The first kappa shape index (κ1) is 16.4. The predicted molar refractivity (Wildman–Crippen MR) is 90.0 cm³/mol. The van der Waals surface area contributed by atoms with Gasteiger partial charge in [0.2, 0.25) is 5.13 Å². The zero-order valence-corrected chi connectivity index (χ0v) is 13.8. The lowest BCUT2D eigenvalue weighted by molar-refractivity contribution is 0.102. The van der Waals surface area contributed by atoms with E-state index in [0.717, 1.165) is 11.3 Å². The molecule has 0 radical (unpaired) electrons. The lowest BCUT2D eigenvalue weighted by atomic mass is 10.2. The van der Waals surface area contributed by atoms with Crippen molar-refractivity contribution in [3.8, 4) is 5.75 Å². The number of rotatable bonds is 5. The topological polar surface area (TPSA) is 64.1 Å². The Morgan fingerprint density at radius 1 is 1.17 bits per heavy atom. The third-order valence-electron chi connectivity index (χ3n) is 2.98. The number of anilines is 1. The van der Waals surface area contributed by atoms with E-state index in [1.807, 2.05) is 0 Å². The molecule has 1 N–H and O–H groups in total. The molecule has 1 heterocycles. The Bertz CT molecular complexity index is 855. The second-order valence-corrected chi connectivity index (χ2v) is 6.18. The molecule has 24 heavy (non-hydrogen) atoms. The van der Waals surface area contributed by atoms with Crippen molar-refractivity contribution in [2.75, 3.05) is 5.32 Å². The number of amides is 1. The van der Waals surface area contributed by atoms with Crippen molar-refractivity contribution in [3.05, 3.63) is 69.9 Å². The van der Waals surface area contributed by atoms with Gasteiger partial charge in [0.25, 0.3) is 5.91 Å². The molecule has 0 saturated carbocycles. The van der Waals surface area contributed by atoms with Crippen LogP contribution >= 0.6 is 22.9 Å². The number of aromatic nitrogens is 2. The molecule has 3 aromatic rings. The summed E-state index contributed by atoms with van der Waals surface area (Å²) in [4.78, 5) is 12.0. The second-order valence-electron chi connectivity index (χ2n) is 4.68. The highest BCUT2D eigenvalue weighted by Gasteiger charge is 2.13. The van der Waals surface area contributed by atoms with E-state index in [1.165, 1.54) is 18.2 Å². The molecule has 0 atom stereocenters. The first-order chi connectivity index (χ1) is 11.6. The third kappa shape index (κ3) is 4.06. The van der Waals surface area contributed by atoms with Gasteiger partial charge < -0.3 is 4.74 Å². The molecule has 122 valence electrons. The van der Waals surface area contributed by atoms with Crippen molar-refractivity contribution in [2.24, 2.45) is 0 Å². The molecular weight excluding hydrogens is 353 g/mol. The molecule has 0 unspecified atom stereocenters. The van der Waals surface area contributed by atoms with Crippen molar-refractivity contribution < 1.29 is 13.9 Å². The largest absolute Gasteiger partial charge is 0.486 e. The van der Waals surface area contributed by atoms with E-state index in [2.05, 4.69) is 15.5 Å². The van der Waals surface area contributed by atoms with Crippen molar-refractivity contribution in [3.63, 3.8) is 0 Å². The number of hydrogen-bond acceptors (Lipinski definition) is 5. The zero-order valence-electron chi connectivity index (χ0n) is 12.2. The molecule has 0 fully saturated rings. The van der Waals surface area contributed by atoms with Crippen LogP contribution in [0.3, 0.4) is 0 Å². The number of ether oxygens (including phenoxy) is 1. The van der Waals surface area contributed by atoms with Gasteiger partial charge in [-0.25, -0.2) is 4.39 Å². The highest BCUT2D eigenvalue weighted by molar-refractivity contribution is 7.15. The second kappa shape index (κ2) is 7.37. The Kier molecular flexibility index (Phi) is 5.02. The van der Waals surface area contributed by atoms with Gasteiger partial charge in [-0.2, -0.15) is 0 Å². The van der Waals surface area contributed by atoms with E-state index in [1.54, 1.807) is 30.3 Å². The van der Waals surface area contributed by atoms with Gasteiger partial charge in [-0.3, -0.25) is 10.1 Å². The third-order valence-corrected chi connectivity index (χ3v) is 4.05. The fourth-order valence-corrected chi connectivity index (χ4v) is 2.62. The molecule has 5 nitrogen and oxygen atoms in total. The maximum Gasteiger partial charge on any atom is 0.260 e. The Balaban J connectivity index is 1.60. The fraction of sp³-hybridized carbons (Fsp3) is 0.0625. The Morgan fingerprint density at radius 2 is 1.92 bits per heavy atom. The van der Waals surface area contributed by atoms with Crippen molar-refractivity contribution in [2.45, 2.75) is 6.61 Å². The maximum atomic E-state index is 13.6. The molecule has 0 spiro atoms. The van der Waals surface area contributed by atoms with Crippen LogP contribution in [0.5, 0.6) is 5.75 Å². The number of benzene rings is 2. The summed E-state index contributed by atoms with van der Waals surface area (Å²) in [5.74, 6) is -0.522. The minimum absolute atomic E-state index is 0.0494. The summed E-state index contributed by atoms with van der Waals surface area (Å²) in [6.45, 7) is 0.203. The molecule has 1 amide bonds.